The van der Waals surface area contributed by atoms with E-state index in [0.29, 0.717) is 6.42 Å². The van der Waals surface area contributed by atoms with Crippen molar-refractivity contribution in [2.75, 3.05) is 0 Å². The van der Waals surface area contributed by atoms with Crippen LogP contribution in [0.25, 0.3) is 0 Å². The zero-order valence-corrected chi connectivity index (χ0v) is 17.3. The smallest absolute Gasteiger partial charge is 1.00 e. The molecule has 0 radical (unpaired) electrons. The average Bonchev–Trinajstić information content (AvgIpc) is 2.66. The molecule has 0 aliphatic carbocycles. The molecule has 0 heterocycles. The van der Waals surface area contributed by atoms with Gasteiger partial charge in [-0.1, -0.05) is 99.7 Å². The summed E-state index contributed by atoms with van der Waals surface area (Å²) >= 11 is 0. The van der Waals surface area contributed by atoms with E-state index in [1.165, 1.54) is 44.9 Å². The molecule has 0 bridgehead atoms. The minimum Gasteiger partial charge on any atom is -1.00 e. The molecule has 0 spiro atoms. The molecule has 0 aliphatic rings. The minimum atomic E-state index is -0.671. The first-order valence-corrected chi connectivity index (χ1v) is 10.3. The molecule has 0 unspecified atom stereocenters. The van der Waals surface area contributed by atoms with Gasteiger partial charge in [-0.3, -0.25) is 4.79 Å². The largest absolute Gasteiger partial charge is 2.00 e. The van der Waals surface area contributed by atoms with Crippen LogP contribution in [0.15, 0.2) is 60.7 Å². The summed E-state index contributed by atoms with van der Waals surface area (Å²) in [6.45, 7) is 2.23. The topological polar surface area (TPSA) is 37.3 Å². The van der Waals surface area contributed by atoms with Gasteiger partial charge in [0.05, 0.1) is 0 Å². The summed E-state index contributed by atoms with van der Waals surface area (Å²) in [7, 11) is 0. The van der Waals surface area contributed by atoms with E-state index in [9.17, 15) is 4.79 Å². The Hall–Kier alpha value is -1.66. The Kier molecular flexibility index (Phi) is 24.8. The molecule has 27 heavy (non-hydrogen) atoms. The van der Waals surface area contributed by atoms with Crippen LogP contribution in [-0.2, 0) is 4.79 Å². The third-order valence-corrected chi connectivity index (χ3v) is 4.01. The van der Waals surface area contributed by atoms with Crippen molar-refractivity contribution in [3.8, 4) is 0 Å². The molecule has 0 fully saturated rings. The van der Waals surface area contributed by atoms with Gasteiger partial charge in [0.15, 0.2) is 0 Å². The monoisotopic (exact) mass is 369 g/mol. The second-order valence-electron chi connectivity index (χ2n) is 6.53. The van der Waals surface area contributed by atoms with Crippen LogP contribution in [0.4, 0.5) is 0 Å². The van der Waals surface area contributed by atoms with E-state index in [-0.39, 0.29) is 13.0 Å². The van der Waals surface area contributed by atoms with Gasteiger partial charge in [-0.2, -0.15) is 0 Å². The van der Waals surface area contributed by atoms with Crippen LogP contribution in [-0.4, -0.2) is 21.2 Å². The summed E-state index contributed by atoms with van der Waals surface area (Å²) in [5.41, 5.74) is 0. The number of hydrogen-bond donors (Lipinski definition) is 1. The Balaban J connectivity index is -0.000000296. The Morgan fingerprint density at radius 2 is 1.19 bits per heavy atom. The molecule has 0 atom stereocenters. The number of benzene rings is 1. The number of carbonyl (C=O) groups is 1. The van der Waals surface area contributed by atoms with Gasteiger partial charge in [0.2, 0.25) is 0 Å². The number of rotatable bonds is 14. The van der Waals surface area contributed by atoms with Gasteiger partial charge in [-0.05, 0) is 38.5 Å². The SMILES string of the molecule is CCCCC/C=C\C/C=C\CCCCCCCC(=O)O.[Be+2].[H-].[H-].c1ccccc1. The maximum atomic E-state index is 10.3. The van der Waals surface area contributed by atoms with E-state index in [0.717, 1.165) is 25.7 Å². The van der Waals surface area contributed by atoms with E-state index in [4.69, 9.17) is 5.11 Å². The molecule has 0 saturated carbocycles. The quantitative estimate of drug-likeness (QED) is 0.210. The predicted octanol–water partition coefficient (Wildman–Crippen LogP) is 7.42. The van der Waals surface area contributed by atoms with Gasteiger partial charge >= 0.3 is 16.1 Å². The van der Waals surface area contributed by atoms with Crippen LogP contribution >= 0.6 is 0 Å². The van der Waals surface area contributed by atoms with Crippen LogP contribution in [0.3, 0.4) is 0 Å². The number of allylic oxidation sites excluding steroid dienone is 4. The Morgan fingerprint density at radius 3 is 1.67 bits per heavy atom. The van der Waals surface area contributed by atoms with Crippen molar-refractivity contribution in [2.24, 2.45) is 0 Å². The van der Waals surface area contributed by atoms with Crippen molar-refractivity contribution >= 4 is 16.1 Å². The van der Waals surface area contributed by atoms with Crippen LogP contribution in [0.5, 0.6) is 0 Å². The predicted molar refractivity (Wildman–Crippen MR) is 121 cm³/mol. The maximum absolute atomic E-state index is 10.3. The minimum absolute atomic E-state index is 0. The van der Waals surface area contributed by atoms with Gasteiger partial charge in [-0.15, -0.1) is 0 Å². The van der Waals surface area contributed by atoms with Crippen LogP contribution in [0.1, 0.15) is 86.8 Å². The van der Waals surface area contributed by atoms with E-state index >= 15 is 0 Å². The number of hydrogen-bond acceptors (Lipinski definition) is 1. The molecule has 3 heteroatoms. The molecular formula is C24H40BeO2. The third-order valence-electron chi connectivity index (χ3n) is 4.01. The summed E-state index contributed by atoms with van der Waals surface area (Å²) in [4.78, 5) is 10.3. The standard InChI is InChI=1S/C18H32O2.C6H6.Be.2H/c1-2-3-4-5-6-7-8-9-10-11-12-13-14-15-16-17-18(19)20;1-2-4-6-5-3-1;;;/h6-7,9-10H,2-5,8,11-17H2,1H3,(H,19,20);1-6H;;;/q;;+2;2*-1/b7-6-,10-9-;;;;. The van der Waals surface area contributed by atoms with Crippen LogP contribution in [0, 0.1) is 0 Å². The first-order valence-electron chi connectivity index (χ1n) is 10.3. The maximum Gasteiger partial charge on any atom is 2.00 e. The normalized spacial score (nSPS) is 10.4. The fraction of sp³-hybridized carbons (Fsp3) is 0.542. The molecule has 150 valence electrons. The molecule has 1 aromatic carbocycles. The summed E-state index contributed by atoms with van der Waals surface area (Å²) in [6.07, 6.45) is 22.3. The van der Waals surface area contributed by atoms with Crippen LogP contribution < -0.4 is 0 Å². The van der Waals surface area contributed by atoms with Crippen molar-refractivity contribution in [3.05, 3.63) is 60.7 Å². The van der Waals surface area contributed by atoms with Crippen molar-refractivity contribution in [1.82, 2.24) is 0 Å². The second kappa shape index (κ2) is 24.3. The second-order valence-corrected chi connectivity index (χ2v) is 6.53. The van der Waals surface area contributed by atoms with Crippen molar-refractivity contribution in [2.45, 2.75) is 84.0 Å². The summed E-state index contributed by atoms with van der Waals surface area (Å²) in [5, 5.41) is 8.50. The fourth-order valence-corrected chi connectivity index (χ4v) is 2.47. The third kappa shape index (κ3) is 26.7. The summed E-state index contributed by atoms with van der Waals surface area (Å²) in [5.74, 6) is -0.671. The van der Waals surface area contributed by atoms with E-state index in [2.05, 4.69) is 31.2 Å². The summed E-state index contributed by atoms with van der Waals surface area (Å²) in [6, 6.07) is 12.0. The first kappa shape index (κ1) is 27.6. The molecule has 2 nitrogen and oxygen atoms in total. The number of aliphatic carboxylic acids is 1. The molecule has 0 aromatic heterocycles. The molecule has 1 rings (SSSR count). The van der Waals surface area contributed by atoms with E-state index < -0.39 is 5.97 Å². The molecule has 0 aliphatic heterocycles. The van der Waals surface area contributed by atoms with E-state index in [1.54, 1.807) is 0 Å². The average molecular weight is 370 g/mol. The van der Waals surface area contributed by atoms with Gasteiger partial charge in [0.25, 0.3) is 0 Å². The zero-order chi connectivity index (χ0) is 19.1. The molecule has 0 amide bonds. The van der Waals surface area contributed by atoms with Gasteiger partial charge in [-0.25, -0.2) is 0 Å². The first-order chi connectivity index (χ1) is 12.8. The van der Waals surface area contributed by atoms with Crippen molar-refractivity contribution in [1.29, 1.82) is 0 Å². The zero-order valence-electron chi connectivity index (χ0n) is 19.3. The number of carboxylic acids is 1. The van der Waals surface area contributed by atoms with Crippen molar-refractivity contribution in [3.63, 3.8) is 0 Å². The Morgan fingerprint density at radius 1 is 0.741 bits per heavy atom. The molecule has 1 N–H and O–H groups in total. The van der Waals surface area contributed by atoms with Gasteiger partial charge in [0, 0.05) is 6.42 Å². The molecular weight excluding hydrogens is 329 g/mol. The fourth-order valence-electron chi connectivity index (χ4n) is 2.47. The van der Waals surface area contributed by atoms with Gasteiger partial charge < -0.3 is 7.96 Å². The van der Waals surface area contributed by atoms with E-state index in [1.807, 2.05) is 36.4 Å². The van der Waals surface area contributed by atoms with Gasteiger partial charge in [0.1, 0.15) is 0 Å². The summed E-state index contributed by atoms with van der Waals surface area (Å²) < 4.78 is 0. The Labute approximate surface area is 174 Å². The molecule has 0 saturated heterocycles. The number of unbranched alkanes of at least 4 members (excludes halogenated alkanes) is 8. The molecule has 1 aromatic rings. The Bertz CT molecular complexity index is 439. The van der Waals surface area contributed by atoms with Crippen LogP contribution in [0.2, 0.25) is 0 Å². The number of carboxylic acid groups (broad SMARTS) is 1. The van der Waals surface area contributed by atoms with Crippen molar-refractivity contribution < 1.29 is 12.8 Å².